The van der Waals surface area contributed by atoms with E-state index in [2.05, 4.69) is 19.2 Å². The highest BCUT2D eigenvalue weighted by atomic mass is 16.5. The summed E-state index contributed by atoms with van der Waals surface area (Å²) in [6, 6.07) is 13.2. The molecule has 0 radical (unpaired) electrons. The third-order valence-electron chi connectivity index (χ3n) is 6.76. The van der Waals surface area contributed by atoms with Crippen LogP contribution in [0.5, 0.6) is 11.5 Å². The van der Waals surface area contributed by atoms with Gasteiger partial charge in [0, 0.05) is 40.6 Å². The number of anilines is 1. The van der Waals surface area contributed by atoms with Gasteiger partial charge in [-0.15, -0.1) is 0 Å². The number of methoxy groups -OCH3 is 2. The summed E-state index contributed by atoms with van der Waals surface area (Å²) in [6.07, 6.45) is 1.09. The molecule has 0 bridgehead atoms. The number of rotatable bonds is 5. The van der Waals surface area contributed by atoms with E-state index in [1.54, 1.807) is 14.2 Å². The van der Waals surface area contributed by atoms with Crippen molar-refractivity contribution in [3.63, 3.8) is 0 Å². The van der Waals surface area contributed by atoms with Crippen molar-refractivity contribution in [1.29, 1.82) is 0 Å². The summed E-state index contributed by atoms with van der Waals surface area (Å²) in [5.41, 5.74) is 4.35. The van der Waals surface area contributed by atoms with Crippen molar-refractivity contribution in [3.05, 3.63) is 64.9 Å². The highest BCUT2D eigenvalue weighted by Gasteiger charge is 2.46. The molecule has 0 saturated carbocycles. The molecule has 2 aromatic carbocycles. The standard InChI is InChI=1S/C28H32N2O4/c1-16-10-7-8-12-19(16)30-27(32)23-17(2)29-20-14-28(3,4)15-21(31)25(20)24(23)18-11-9-13-22(33-5)26(18)34-6/h7-13,23-24H,14-15H2,1-6H3,(H,30,32)/t23?,24-/m0/s1. The van der Waals surface area contributed by atoms with Gasteiger partial charge in [0.15, 0.2) is 17.3 Å². The van der Waals surface area contributed by atoms with Crippen molar-refractivity contribution in [3.8, 4) is 11.5 Å². The van der Waals surface area contributed by atoms with Crippen LogP contribution in [0.25, 0.3) is 0 Å². The second-order valence-corrected chi connectivity index (χ2v) is 9.90. The molecule has 4 rings (SSSR count). The van der Waals surface area contributed by atoms with Crippen LogP contribution in [-0.2, 0) is 9.59 Å². The van der Waals surface area contributed by atoms with Gasteiger partial charge in [0.2, 0.25) is 5.91 Å². The van der Waals surface area contributed by atoms with Crippen LogP contribution in [0.1, 0.15) is 50.7 Å². The van der Waals surface area contributed by atoms with Gasteiger partial charge in [-0.1, -0.05) is 44.2 Å². The molecule has 1 heterocycles. The average Bonchev–Trinajstić information content (AvgIpc) is 2.78. The molecule has 178 valence electrons. The first-order valence-electron chi connectivity index (χ1n) is 11.6. The van der Waals surface area contributed by atoms with Crippen molar-refractivity contribution < 1.29 is 19.1 Å². The first-order valence-corrected chi connectivity index (χ1v) is 11.6. The molecule has 0 fully saturated rings. The number of carbonyl (C=O) groups excluding carboxylic acids is 2. The average molecular weight is 461 g/mol. The monoisotopic (exact) mass is 460 g/mol. The Kier molecular flexibility index (Phi) is 6.34. The van der Waals surface area contributed by atoms with Crippen LogP contribution < -0.4 is 14.8 Å². The lowest BCUT2D eigenvalue weighted by atomic mass is 9.66. The topological polar surface area (TPSA) is 77.0 Å². The summed E-state index contributed by atoms with van der Waals surface area (Å²) in [6.45, 7) is 7.99. The SMILES string of the molecule is COc1cccc([C@@H]2C3=C(CC(C)(C)CC3=O)N=C(C)C2C(=O)Nc2ccccc2C)c1OC. The van der Waals surface area contributed by atoms with Gasteiger partial charge in [-0.25, -0.2) is 0 Å². The minimum atomic E-state index is -0.662. The maximum Gasteiger partial charge on any atom is 0.234 e. The third kappa shape index (κ3) is 4.25. The minimum absolute atomic E-state index is 0.0334. The molecule has 2 aliphatic rings. The Morgan fingerprint density at radius 1 is 1.03 bits per heavy atom. The second-order valence-electron chi connectivity index (χ2n) is 9.90. The van der Waals surface area contributed by atoms with E-state index in [0.29, 0.717) is 35.6 Å². The van der Waals surface area contributed by atoms with Gasteiger partial charge < -0.3 is 14.8 Å². The Morgan fingerprint density at radius 3 is 2.44 bits per heavy atom. The van der Waals surface area contributed by atoms with Crippen LogP contribution in [-0.4, -0.2) is 31.6 Å². The summed E-state index contributed by atoms with van der Waals surface area (Å²) >= 11 is 0. The normalized spacial score (nSPS) is 21.5. The number of allylic oxidation sites excluding steroid dienone is 2. The van der Waals surface area contributed by atoms with Crippen molar-refractivity contribution >= 4 is 23.1 Å². The predicted octanol–water partition coefficient (Wildman–Crippen LogP) is 5.47. The zero-order chi connectivity index (χ0) is 24.6. The molecule has 0 aromatic heterocycles. The molecule has 1 N–H and O–H groups in total. The van der Waals surface area contributed by atoms with Gasteiger partial charge in [0.05, 0.1) is 20.1 Å². The molecule has 1 aliphatic carbocycles. The highest BCUT2D eigenvalue weighted by molar-refractivity contribution is 6.13. The molecule has 1 aliphatic heterocycles. The van der Waals surface area contributed by atoms with E-state index in [0.717, 1.165) is 22.5 Å². The number of hydrogen-bond donors (Lipinski definition) is 1. The Balaban J connectivity index is 1.89. The molecule has 2 aromatic rings. The number of para-hydroxylation sites is 2. The van der Waals surface area contributed by atoms with Gasteiger partial charge in [-0.2, -0.15) is 0 Å². The largest absolute Gasteiger partial charge is 0.493 e. The van der Waals surface area contributed by atoms with E-state index >= 15 is 0 Å². The summed E-state index contributed by atoms with van der Waals surface area (Å²) < 4.78 is 11.3. The maximum atomic E-state index is 13.8. The highest BCUT2D eigenvalue weighted by Crippen LogP contribution is 2.50. The van der Waals surface area contributed by atoms with Gasteiger partial charge >= 0.3 is 0 Å². The van der Waals surface area contributed by atoms with Crippen LogP contribution in [0.3, 0.4) is 0 Å². The Morgan fingerprint density at radius 2 is 1.76 bits per heavy atom. The number of aliphatic imine (C=N–C) groups is 1. The molecule has 6 nitrogen and oxygen atoms in total. The fourth-order valence-electron chi connectivity index (χ4n) is 5.20. The van der Waals surface area contributed by atoms with E-state index in [9.17, 15) is 9.59 Å². The number of hydrogen-bond acceptors (Lipinski definition) is 5. The first kappa shape index (κ1) is 23.7. The molecule has 2 atom stereocenters. The smallest absolute Gasteiger partial charge is 0.234 e. The molecular weight excluding hydrogens is 428 g/mol. The van der Waals surface area contributed by atoms with Crippen molar-refractivity contribution in [2.24, 2.45) is 16.3 Å². The Bertz CT molecular complexity index is 1210. The number of benzene rings is 2. The zero-order valence-corrected chi connectivity index (χ0v) is 20.7. The molecule has 6 heteroatoms. The van der Waals surface area contributed by atoms with Gasteiger partial charge in [-0.3, -0.25) is 14.6 Å². The molecule has 0 spiro atoms. The lowest BCUT2D eigenvalue weighted by Gasteiger charge is -2.39. The number of nitrogens with one attached hydrogen (secondary N) is 1. The number of aryl methyl sites for hydroxylation is 1. The van der Waals surface area contributed by atoms with Crippen LogP contribution in [0.2, 0.25) is 0 Å². The fraction of sp³-hybridized carbons (Fsp3) is 0.393. The van der Waals surface area contributed by atoms with Crippen LogP contribution in [0, 0.1) is 18.3 Å². The molecule has 34 heavy (non-hydrogen) atoms. The quantitative estimate of drug-likeness (QED) is 0.642. The summed E-state index contributed by atoms with van der Waals surface area (Å²) in [4.78, 5) is 32.2. The van der Waals surface area contributed by atoms with E-state index < -0.39 is 11.8 Å². The maximum absolute atomic E-state index is 13.8. The summed E-state index contributed by atoms with van der Waals surface area (Å²) in [5, 5.41) is 3.08. The van der Waals surface area contributed by atoms with Crippen molar-refractivity contribution in [2.75, 3.05) is 19.5 Å². The number of nitrogens with zero attached hydrogens (tertiary/aromatic N) is 1. The van der Waals surface area contributed by atoms with Crippen LogP contribution in [0.4, 0.5) is 5.69 Å². The summed E-state index contributed by atoms with van der Waals surface area (Å²) in [7, 11) is 3.16. The number of Topliss-reactive ketones (excluding diaryl/α,β-unsaturated/α-hetero) is 1. The number of amides is 1. The number of carbonyl (C=O) groups is 2. The predicted molar refractivity (Wildman–Crippen MR) is 134 cm³/mol. The minimum Gasteiger partial charge on any atom is -0.493 e. The number of ether oxygens (including phenoxy) is 2. The molecule has 1 amide bonds. The third-order valence-corrected chi connectivity index (χ3v) is 6.76. The molecule has 1 unspecified atom stereocenters. The van der Waals surface area contributed by atoms with Gasteiger partial charge in [-0.05, 0) is 43.4 Å². The number of ketones is 1. The summed E-state index contributed by atoms with van der Waals surface area (Å²) in [5.74, 6) is -0.262. The molecular formula is C28H32N2O4. The fourth-order valence-corrected chi connectivity index (χ4v) is 5.20. The Labute approximate surface area is 201 Å². The van der Waals surface area contributed by atoms with Crippen LogP contribution >= 0.6 is 0 Å². The van der Waals surface area contributed by atoms with Crippen molar-refractivity contribution in [2.45, 2.75) is 46.5 Å². The van der Waals surface area contributed by atoms with E-state index in [4.69, 9.17) is 14.5 Å². The van der Waals surface area contributed by atoms with E-state index in [1.165, 1.54) is 0 Å². The van der Waals surface area contributed by atoms with Crippen LogP contribution in [0.15, 0.2) is 58.7 Å². The van der Waals surface area contributed by atoms with E-state index in [1.807, 2.05) is 56.3 Å². The van der Waals surface area contributed by atoms with Crippen molar-refractivity contribution in [1.82, 2.24) is 0 Å². The second kappa shape index (κ2) is 9.09. The lowest BCUT2D eigenvalue weighted by molar-refractivity contribution is -0.119. The van der Waals surface area contributed by atoms with Gasteiger partial charge in [0.1, 0.15) is 0 Å². The molecule has 0 saturated heterocycles. The first-order chi connectivity index (χ1) is 16.2. The van der Waals surface area contributed by atoms with Gasteiger partial charge in [0.25, 0.3) is 0 Å². The zero-order valence-electron chi connectivity index (χ0n) is 20.7. The Hall–Kier alpha value is -3.41. The lowest BCUT2D eigenvalue weighted by Crippen LogP contribution is -2.41. The van der Waals surface area contributed by atoms with E-state index in [-0.39, 0.29) is 17.1 Å².